The first-order valence-electron chi connectivity index (χ1n) is 21.5. The number of ether oxygens (including phenoxy) is 4. The summed E-state index contributed by atoms with van der Waals surface area (Å²) in [5.74, 6) is -4.56. The SMILES string of the molecule is CN1C(=O)C(C(=O)CCCCCCCCCCCCCCCCCCCCCOC2OC(C(=O)O)[C@H](O[C@@H]3OC(CO)[C@@H](O)C(O)[C@@H]3O)[C@H](O)[C@@H]2O)=C([O-])[C@H]1CC(=O)O. The molecule has 0 radical (unpaired) electrons. The van der Waals surface area contributed by atoms with Gasteiger partial charge in [0.1, 0.15) is 42.7 Å². The van der Waals surface area contributed by atoms with Crippen molar-refractivity contribution in [3.8, 4) is 0 Å². The summed E-state index contributed by atoms with van der Waals surface area (Å²) >= 11 is 0. The maximum Gasteiger partial charge on any atom is 0.335 e. The molecular weight excluding hydrogens is 778 g/mol. The van der Waals surface area contributed by atoms with Crippen molar-refractivity contribution >= 4 is 23.6 Å². The van der Waals surface area contributed by atoms with Gasteiger partial charge in [-0.15, -0.1) is 0 Å². The number of Topliss-reactive ketones (excluding diaryl/α,β-unsaturated/α-hetero) is 1. The maximum atomic E-state index is 12.5. The molecule has 18 nitrogen and oxygen atoms in total. The molecule has 2 fully saturated rings. The lowest BCUT2D eigenvalue weighted by atomic mass is 9.97. The Morgan fingerprint density at radius 1 is 0.661 bits per heavy atom. The van der Waals surface area contributed by atoms with Gasteiger partial charge in [0.05, 0.1) is 24.6 Å². The molecule has 59 heavy (non-hydrogen) atoms. The monoisotopic (exact) mass is 846 g/mol. The van der Waals surface area contributed by atoms with Crippen molar-refractivity contribution in [2.45, 2.75) is 202 Å². The third-order valence-corrected chi connectivity index (χ3v) is 11.5. The fraction of sp³-hybridized carbons (Fsp3) is 0.854. The number of likely N-dealkylation sites (N-methyl/N-ethyl adjacent to an activating group) is 1. The second-order valence-corrected chi connectivity index (χ2v) is 16.1. The molecule has 11 atom stereocenters. The Hall–Kier alpha value is -2.78. The summed E-state index contributed by atoms with van der Waals surface area (Å²) in [6, 6.07) is -1.10. The van der Waals surface area contributed by atoms with E-state index < -0.39 is 110 Å². The number of unbranched alkanes of at least 4 members (excludes halogenated alkanes) is 18. The van der Waals surface area contributed by atoms with E-state index in [9.17, 15) is 60.0 Å². The zero-order valence-corrected chi connectivity index (χ0v) is 34.3. The molecule has 0 aromatic heterocycles. The number of ketones is 1. The Morgan fingerprint density at radius 3 is 1.61 bits per heavy atom. The van der Waals surface area contributed by atoms with E-state index in [-0.39, 0.29) is 18.6 Å². The lowest BCUT2D eigenvalue weighted by Gasteiger charge is -2.45. The zero-order chi connectivity index (χ0) is 43.5. The van der Waals surface area contributed by atoms with Crippen molar-refractivity contribution < 1.29 is 84.1 Å². The first kappa shape index (κ1) is 50.6. The fourth-order valence-electron chi connectivity index (χ4n) is 7.79. The van der Waals surface area contributed by atoms with Gasteiger partial charge in [0, 0.05) is 20.1 Å². The van der Waals surface area contributed by atoms with E-state index in [4.69, 9.17) is 24.1 Å². The molecule has 1 amide bonds. The minimum atomic E-state index is -1.84. The number of aliphatic hydroxyl groups excluding tert-OH is 6. The number of aliphatic carboxylic acids is 2. The molecule has 3 rings (SSSR count). The van der Waals surface area contributed by atoms with Crippen LogP contribution in [0.5, 0.6) is 0 Å². The first-order valence-corrected chi connectivity index (χ1v) is 21.5. The number of carboxylic acids is 2. The highest BCUT2D eigenvalue weighted by Crippen LogP contribution is 2.30. The van der Waals surface area contributed by atoms with Crippen molar-refractivity contribution in [3.05, 3.63) is 11.3 Å². The van der Waals surface area contributed by atoms with Crippen LogP contribution in [-0.4, -0.2) is 157 Å². The molecule has 340 valence electrons. The van der Waals surface area contributed by atoms with E-state index in [0.29, 0.717) is 12.8 Å². The lowest BCUT2D eigenvalue weighted by molar-refractivity contribution is -0.354. The van der Waals surface area contributed by atoms with Gasteiger partial charge in [0.15, 0.2) is 24.5 Å². The van der Waals surface area contributed by atoms with Gasteiger partial charge in [-0.1, -0.05) is 115 Å². The largest absolute Gasteiger partial charge is 0.873 e. The summed E-state index contributed by atoms with van der Waals surface area (Å²) in [6.07, 6.45) is 3.04. The summed E-state index contributed by atoms with van der Waals surface area (Å²) in [5, 5.41) is 92.0. The number of carboxylic acid groups (broad SMARTS) is 2. The van der Waals surface area contributed by atoms with Crippen molar-refractivity contribution in [1.29, 1.82) is 0 Å². The number of amides is 1. The van der Waals surface area contributed by atoms with Crippen LogP contribution in [0, 0.1) is 0 Å². The molecule has 0 aromatic carbocycles. The molecule has 0 aliphatic carbocycles. The van der Waals surface area contributed by atoms with Crippen LogP contribution in [0.2, 0.25) is 0 Å². The number of aliphatic hydroxyl groups is 6. The molecule has 3 heterocycles. The van der Waals surface area contributed by atoms with E-state index >= 15 is 0 Å². The summed E-state index contributed by atoms with van der Waals surface area (Å²) in [7, 11) is 1.35. The van der Waals surface area contributed by atoms with E-state index in [1.807, 2.05) is 0 Å². The fourth-order valence-corrected chi connectivity index (χ4v) is 7.79. The molecule has 2 saturated heterocycles. The van der Waals surface area contributed by atoms with Gasteiger partial charge in [-0.25, -0.2) is 4.79 Å². The van der Waals surface area contributed by atoms with Crippen LogP contribution in [0.4, 0.5) is 0 Å². The minimum Gasteiger partial charge on any atom is -0.873 e. The summed E-state index contributed by atoms with van der Waals surface area (Å²) < 4.78 is 21.6. The highest BCUT2D eigenvalue weighted by molar-refractivity contribution is 6.21. The van der Waals surface area contributed by atoms with E-state index in [2.05, 4.69) is 0 Å². The summed E-state index contributed by atoms with van der Waals surface area (Å²) in [5.41, 5.74) is -0.376. The molecule has 0 bridgehead atoms. The molecule has 4 unspecified atom stereocenters. The third kappa shape index (κ3) is 15.6. The van der Waals surface area contributed by atoms with Crippen molar-refractivity contribution in [1.82, 2.24) is 4.90 Å². The van der Waals surface area contributed by atoms with Gasteiger partial charge in [0.2, 0.25) is 0 Å². The van der Waals surface area contributed by atoms with Crippen molar-refractivity contribution in [2.75, 3.05) is 20.3 Å². The lowest BCUT2D eigenvalue weighted by Crippen LogP contribution is -2.65. The molecule has 3 aliphatic heterocycles. The van der Waals surface area contributed by atoms with E-state index in [0.717, 1.165) is 56.3 Å². The molecule has 3 aliphatic rings. The maximum absolute atomic E-state index is 12.5. The summed E-state index contributed by atoms with van der Waals surface area (Å²) in [6.45, 7) is -0.571. The second kappa shape index (κ2) is 26.5. The summed E-state index contributed by atoms with van der Waals surface area (Å²) in [4.78, 5) is 48.8. The van der Waals surface area contributed by atoms with Crippen LogP contribution in [0.25, 0.3) is 0 Å². The molecule has 18 heteroatoms. The van der Waals surface area contributed by atoms with Crippen molar-refractivity contribution in [2.24, 2.45) is 0 Å². The molecule has 0 spiro atoms. The topological polar surface area (TPSA) is 293 Å². The van der Waals surface area contributed by atoms with Gasteiger partial charge in [-0.3, -0.25) is 14.4 Å². The number of carbonyl (C=O) groups excluding carboxylic acids is 2. The highest BCUT2D eigenvalue weighted by atomic mass is 16.7. The predicted molar refractivity (Wildman–Crippen MR) is 206 cm³/mol. The van der Waals surface area contributed by atoms with Gasteiger partial charge in [0.25, 0.3) is 5.91 Å². The van der Waals surface area contributed by atoms with Crippen molar-refractivity contribution in [3.63, 3.8) is 0 Å². The van der Waals surface area contributed by atoms with Crippen LogP contribution < -0.4 is 5.11 Å². The Morgan fingerprint density at radius 2 is 1.14 bits per heavy atom. The minimum absolute atomic E-state index is 0.124. The van der Waals surface area contributed by atoms with Gasteiger partial charge >= 0.3 is 11.9 Å². The Labute approximate surface area is 346 Å². The third-order valence-electron chi connectivity index (χ3n) is 11.5. The van der Waals surface area contributed by atoms with Crippen LogP contribution in [0.3, 0.4) is 0 Å². The molecule has 0 saturated carbocycles. The Kier molecular flexibility index (Phi) is 22.7. The standard InChI is InChI=1S/C41H69NO17/c1-42-25(23-28(45)46)30(47)29(38(42)53)26(44)21-19-17-15-13-11-9-7-5-3-2-4-6-8-10-12-14-16-18-20-22-56-40-35(52)33(50)36(37(59-40)39(54)55)58-41-34(51)32(49)31(48)27(24-43)57-41/h25,27,31-37,40-41,43,47-52H,2-24H2,1H3,(H,45,46)(H,54,55)/p-1/t25-,27?,31-,32?,33-,34+,35+,36-,37?,40?,41+/m1/s1. The van der Waals surface area contributed by atoms with Gasteiger partial charge in [-0.2, -0.15) is 0 Å². The molecular formula is C41H68NO17-. The van der Waals surface area contributed by atoms with Crippen LogP contribution in [-0.2, 0) is 38.1 Å². The van der Waals surface area contributed by atoms with Crippen LogP contribution >= 0.6 is 0 Å². The smallest absolute Gasteiger partial charge is 0.335 e. The van der Waals surface area contributed by atoms with Gasteiger partial charge in [-0.05, 0) is 12.8 Å². The van der Waals surface area contributed by atoms with Crippen LogP contribution in [0.15, 0.2) is 11.3 Å². The average molecular weight is 847 g/mol. The highest BCUT2D eigenvalue weighted by Gasteiger charge is 2.53. The average Bonchev–Trinajstić information content (AvgIpc) is 3.41. The normalized spacial score (nSPS) is 30.0. The molecule has 0 aromatic rings. The molecule has 8 N–H and O–H groups in total. The number of rotatable bonds is 30. The van der Waals surface area contributed by atoms with E-state index in [1.165, 1.54) is 64.8 Å². The number of hydrogen-bond donors (Lipinski definition) is 8. The Balaban J connectivity index is 1.11. The number of nitrogens with zero attached hydrogens (tertiary/aromatic N) is 1. The van der Waals surface area contributed by atoms with Crippen LogP contribution in [0.1, 0.15) is 135 Å². The van der Waals surface area contributed by atoms with Gasteiger partial charge < -0.3 is 69.8 Å². The second-order valence-electron chi connectivity index (χ2n) is 16.1. The first-order chi connectivity index (χ1) is 28.2. The van der Waals surface area contributed by atoms with E-state index in [1.54, 1.807) is 0 Å². The quantitative estimate of drug-likeness (QED) is 0.0370. The number of hydrogen-bond acceptors (Lipinski definition) is 15. The number of carbonyl (C=O) groups is 4. The zero-order valence-electron chi connectivity index (χ0n) is 34.3. The predicted octanol–water partition coefficient (Wildman–Crippen LogP) is 1.02. The Bertz CT molecular complexity index is 1330.